The van der Waals surface area contributed by atoms with Crippen LogP contribution in [0.15, 0.2) is 30.3 Å². The van der Waals surface area contributed by atoms with E-state index in [1.807, 2.05) is 56.0 Å². The van der Waals surface area contributed by atoms with Crippen LogP contribution in [0.25, 0.3) is 0 Å². The SMILES string of the molecule is CC(C)(C)C(=O)N1CCC(NC(=O)CCOc2ccccc2)CC1. The van der Waals surface area contributed by atoms with E-state index in [0.29, 0.717) is 26.1 Å². The van der Waals surface area contributed by atoms with E-state index < -0.39 is 0 Å². The Kier molecular flexibility index (Phi) is 6.23. The molecule has 5 heteroatoms. The monoisotopic (exact) mass is 332 g/mol. The highest BCUT2D eigenvalue weighted by Gasteiger charge is 2.30. The van der Waals surface area contributed by atoms with Gasteiger partial charge in [-0.1, -0.05) is 39.0 Å². The summed E-state index contributed by atoms with van der Waals surface area (Å²) in [7, 11) is 0. The molecule has 0 saturated carbocycles. The van der Waals surface area contributed by atoms with Gasteiger partial charge in [-0.25, -0.2) is 0 Å². The van der Waals surface area contributed by atoms with Crippen LogP contribution in [0, 0.1) is 5.41 Å². The zero-order valence-electron chi connectivity index (χ0n) is 14.9. The Bertz CT molecular complexity index is 543. The molecule has 0 aromatic heterocycles. The second-order valence-electron chi connectivity index (χ2n) is 7.30. The number of piperidine rings is 1. The van der Waals surface area contributed by atoms with Crippen LogP contribution in [0.4, 0.5) is 0 Å². The molecule has 2 rings (SSSR count). The van der Waals surface area contributed by atoms with Gasteiger partial charge in [0.05, 0.1) is 13.0 Å². The second-order valence-corrected chi connectivity index (χ2v) is 7.30. The Hall–Kier alpha value is -2.04. The number of nitrogens with zero attached hydrogens (tertiary/aromatic N) is 1. The van der Waals surface area contributed by atoms with E-state index >= 15 is 0 Å². The fraction of sp³-hybridized carbons (Fsp3) is 0.579. The lowest BCUT2D eigenvalue weighted by atomic mass is 9.93. The van der Waals surface area contributed by atoms with Crippen LogP contribution in [-0.2, 0) is 9.59 Å². The zero-order valence-corrected chi connectivity index (χ0v) is 14.9. The first-order valence-corrected chi connectivity index (χ1v) is 8.63. The van der Waals surface area contributed by atoms with Crippen molar-refractivity contribution >= 4 is 11.8 Å². The normalized spacial score (nSPS) is 15.9. The molecule has 2 amide bonds. The third kappa shape index (κ3) is 5.55. The summed E-state index contributed by atoms with van der Waals surface area (Å²) in [4.78, 5) is 26.2. The topological polar surface area (TPSA) is 58.6 Å². The van der Waals surface area contributed by atoms with Crippen molar-refractivity contribution in [3.63, 3.8) is 0 Å². The lowest BCUT2D eigenvalue weighted by Crippen LogP contribution is -2.49. The Morgan fingerprint density at radius 3 is 2.38 bits per heavy atom. The molecule has 0 spiro atoms. The van der Waals surface area contributed by atoms with E-state index in [4.69, 9.17) is 4.74 Å². The molecule has 1 saturated heterocycles. The summed E-state index contributed by atoms with van der Waals surface area (Å²) in [5.74, 6) is 0.967. The molecule has 5 nitrogen and oxygen atoms in total. The van der Waals surface area contributed by atoms with Crippen LogP contribution >= 0.6 is 0 Å². The van der Waals surface area contributed by atoms with Crippen LogP contribution in [0.3, 0.4) is 0 Å². The van der Waals surface area contributed by atoms with Gasteiger partial charge in [0.15, 0.2) is 0 Å². The minimum atomic E-state index is -0.342. The number of hydrogen-bond acceptors (Lipinski definition) is 3. The van der Waals surface area contributed by atoms with Crippen LogP contribution in [-0.4, -0.2) is 42.5 Å². The summed E-state index contributed by atoms with van der Waals surface area (Å²) in [6.07, 6.45) is 1.97. The number of amides is 2. The number of nitrogens with one attached hydrogen (secondary N) is 1. The average molecular weight is 332 g/mol. The highest BCUT2D eigenvalue weighted by atomic mass is 16.5. The van der Waals surface area contributed by atoms with Crippen molar-refractivity contribution < 1.29 is 14.3 Å². The van der Waals surface area contributed by atoms with Crippen molar-refractivity contribution in [3.8, 4) is 5.75 Å². The van der Waals surface area contributed by atoms with E-state index in [9.17, 15) is 9.59 Å². The number of para-hydroxylation sites is 1. The molecule has 1 aromatic carbocycles. The number of carbonyl (C=O) groups is 2. The summed E-state index contributed by atoms with van der Waals surface area (Å²) in [5, 5.41) is 3.05. The largest absolute Gasteiger partial charge is 0.493 e. The van der Waals surface area contributed by atoms with E-state index in [1.165, 1.54) is 0 Å². The summed E-state index contributed by atoms with van der Waals surface area (Å²) in [6.45, 7) is 7.61. The Morgan fingerprint density at radius 2 is 1.79 bits per heavy atom. The van der Waals surface area contributed by atoms with Crippen molar-refractivity contribution in [1.29, 1.82) is 0 Å². The molecule has 24 heavy (non-hydrogen) atoms. The highest BCUT2D eigenvalue weighted by molar-refractivity contribution is 5.81. The van der Waals surface area contributed by atoms with Crippen LogP contribution < -0.4 is 10.1 Å². The van der Waals surface area contributed by atoms with Crippen molar-refractivity contribution in [3.05, 3.63) is 30.3 Å². The van der Waals surface area contributed by atoms with Gasteiger partial charge < -0.3 is 15.0 Å². The molecular formula is C19H28N2O3. The van der Waals surface area contributed by atoms with E-state index in [1.54, 1.807) is 0 Å². The summed E-state index contributed by atoms with van der Waals surface area (Å²) in [6, 6.07) is 9.64. The van der Waals surface area contributed by atoms with Crippen LogP contribution in [0.1, 0.15) is 40.0 Å². The third-order valence-electron chi connectivity index (χ3n) is 4.13. The minimum Gasteiger partial charge on any atom is -0.493 e. The van der Waals surface area contributed by atoms with Gasteiger partial charge in [0.25, 0.3) is 0 Å². The predicted molar refractivity (Wildman–Crippen MR) is 93.8 cm³/mol. The number of ether oxygens (including phenoxy) is 1. The van der Waals surface area contributed by atoms with Gasteiger partial charge in [-0.05, 0) is 25.0 Å². The summed E-state index contributed by atoms with van der Waals surface area (Å²) < 4.78 is 5.54. The van der Waals surface area contributed by atoms with Gasteiger partial charge in [-0.15, -0.1) is 0 Å². The van der Waals surface area contributed by atoms with Gasteiger partial charge in [0.2, 0.25) is 11.8 Å². The lowest BCUT2D eigenvalue weighted by molar-refractivity contribution is -0.140. The molecule has 1 heterocycles. The molecule has 0 unspecified atom stereocenters. The van der Waals surface area contributed by atoms with Crippen molar-refractivity contribution in [1.82, 2.24) is 10.2 Å². The smallest absolute Gasteiger partial charge is 0.227 e. The Balaban J connectivity index is 1.66. The van der Waals surface area contributed by atoms with E-state index in [-0.39, 0.29) is 23.3 Å². The van der Waals surface area contributed by atoms with Gasteiger partial charge in [-0.3, -0.25) is 9.59 Å². The third-order valence-corrected chi connectivity index (χ3v) is 4.13. The Labute approximate surface area is 144 Å². The molecule has 1 aliphatic rings. The zero-order chi connectivity index (χ0) is 17.6. The lowest BCUT2D eigenvalue weighted by Gasteiger charge is -2.36. The molecule has 1 aromatic rings. The molecule has 0 aliphatic carbocycles. The van der Waals surface area contributed by atoms with Gasteiger partial charge in [0, 0.05) is 24.5 Å². The van der Waals surface area contributed by atoms with E-state index in [0.717, 1.165) is 18.6 Å². The minimum absolute atomic E-state index is 0.00605. The first-order chi connectivity index (χ1) is 11.4. The standard InChI is InChI=1S/C19H28N2O3/c1-19(2,3)18(23)21-12-9-15(10-13-21)20-17(22)11-14-24-16-7-5-4-6-8-16/h4-8,15H,9-14H2,1-3H3,(H,20,22). The van der Waals surface area contributed by atoms with Crippen molar-refractivity contribution in [2.24, 2.45) is 5.41 Å². The Morgan fingerprint density at radius 1 is 1.17 bits per heavy atom. The van der Waals surface area contributed by atoms with Gasteiger partial charge in [0.1, 0.15) is 5.75 Å². The maximum absolute atomic E-state index is 12.2. The first kappa shape index (κ1) is 18.3. The molecule has 1 N–H and O–H groups in total. The number of carbonyl (C=O) groups excluding carboxylic acids is 2. The highest BCUT2D eigenvalue weighted by Crippen LogP contribution is 2.21. The maximum Gasteiger partial charge on any atom is 0.227 e. The van der Waals surface area contributed by atoms with Crippen molar-refractivity contribution in [2.75, 3.05) is 19.7 Å². The molecule has 0 atom stereocenters. The molecule has 0 bridgehead atoms. The van der Waals surface area contributed by atoms with Crippen LogP contribution in [0.5, 0.6) is 5.75 Å². The molecule has 132 valence electrons. The number of likely N-dealkylation sites (tertiary alicyclic amines) is 1. The summed E-state index contributed by atoms with van der Waals surface area (Å²) in [5.41, 5.74) is -0.342. The van der Waals surface area contributed by atoms with E-state index in [2.05, 4.69) is 5.32 Å². The predicted octanol–water partition coefficient (Wildman–Crippen LogP) is 2.61. The number of benzene rings is 1. The number of hydrogen-bond donors (Lipinski definition) is 1. The molecular weight excluding hydrogens is 304 g/mol. The van der Waals surface area contributed by atoms with Gasteiger partial charge in [-0.2, -0.15) is 0 Å². The molecule has 1 fully saturated rings. The van der Waals surface area contributed by atoms with Gasteiger partial charge >= 0.3 is 0 Å². The summed E-state index contributed by atoms with van der Waals surface area (Å²) >= 11 is 0. The van der Waals surface area contributed by atoms with Crippen molar-refractivity contribution in [2.45, 2.75) is 46.1 Å². The van der Waals surface area contributed by atoms with Crippen LogP contribution in [0.2, 0.25) is 0 Å². The molecule has 0 radical (unpaired) electrons. The first-order valence-electron chi connectivity index (χ1n) is 8.63. The average Bonchev–Trinajstić information content (AvgIpc) is 2.55. The molecule has 1 aliphatic heterocycles. The second kappa shape index (κ2) is 8.18. The maximum atomic E-state index is 12.2. The quantitative estimate of drug-likeness (QED) is 0.902. The fourth-order valence-corrected chi connectivity index (χ4v) is 2.78. The number of rotatable bonds is 5. The fourth-order valence-electron chi connectivity index (χ4n) is 2.78.